The average molecular weight is 128 g/mol. The Morgan fingerprint density at radius 1 is 1.67 bits per heavy atom. The lowest BCUT2D eigenvalue weighted by molar-refractivity contribution is -0.117. The van der Waals surface area contributed by atoms with E-state index >= 15 is 0 Å². The van der Waals surface area contributed by atoms with Gasteiger partial charge < -0.3 is 10.6 Å². The van der Waals surface area contributed by atoms with E-state index in [1.807, 2.05) is 0 Å². The Hall–Kier alpha value is -0.830. The highest BCUT2D eigenvalue weighted by Gasteiger charge is 1.93. The van der Waals surface area contributed by atoms with Crippen LogP contribution in [0.2, 0.25) is 0 Å². The van der Waals surface area contributed by atoms with Crippen LogP contribution in [0.15, 0.2) is 12.7 Å². The summed E-state index contributed by atoms with van der Waals surface area (Å²) in [5.41, 5.74) is 5.20. The Bertz CT molecular complexity index is 93.1. The second-order valence-corrected chi connectivity index (χ2v) is 1.68. The minimum atomic E-state index is 0.507. The van der Waals surface area contributed by atoms with Crippen LogP contribution in [0.5, 0.6) is 0 Å². The third-order valence-corrected chi connectivity index (χ3v) is 0.929. The lowest BCUT2D eigenvalue weighted by Gasteiger charge is -2.11. The second kappa shape index (κ2) is 5.31. The van der Waals surface area contributed by atoms with Crippen molar-refractivity contribution in [3.05, 3.63) is 12.7 Å². The van der Waals surface area contributed by atoms with Crippen LogP contribution in [0.1, 0.15) is 0 Å². The number of nitrogens with two attached hydrogens (primary N) is 1. The number of hydrogen-bond donors (Lipinski definition) is 1. The fourth-order valence-corrected chi connectivity index (χ4v) is 0.519. The van der Waals surface area contributed by atoms with E-state index in [-0.39, 0.29) is 0 Å². The number of rotatable bonds is 5. The van der Waals surface area contributed by atoms with E-state index in [0.717, 1.165) is 6.41 Å². The monoisotopic (exact) mass is 128 g/mol. The predicted molar refractivity (Wildman–Crippen MR) is 36.9 cm³/mol. The zero-order valence-electron chi connectivity index (χ0n) is 5.42. The molecule has 0 unspecified atom stereocenters. The molecule has 0 aromatic heterocycles. The van der Waals surface area contributed by atoms with Crippen LogP contribution in [0.25, 0.3) is 0 Å². The van der Waals surface area contributed by atoms with Gasteiger partial charge in [0.2, 0.25) is 6.41 Å². The summed E-state index contributed by atoms with van der Waals surface area (Å²) >= 11 is 0. The molecule has 0 saturated heterocycles. The molecule has 9 heavy (non-hydrogen) atoms. The largest absolute Gasteiger partial charge is 0.340 e. The molecule has 0 aromatic rings. The molecule has 52 valence electrons. The first-order valence-corrected chi connectivity index (χ1v) is 2.85. The van der Waals surface area contributed by atoms with Gasteiger partial charge in [-0.2, -0.15) is 0 Å². The lowest BCUT2D eigenvalue weighted by Crippen LogP contribution is -2.28. The van der Waals surface area contributed by atoms with Gasteiger partial charge in [-0.05, 0) is 0 Å². The van der Waals surface area contributed by atoms with Crippen molar-refractivity contribution in [1.29, 1.82) is 0 Å². The highest BCUT2D eigenvalue weighted by Crippen LogP contribution is 1.79. The molecule has 0 aliphatic carbocycles. The third kappa shape index (κ3) is 3.73. The number of carbonyl (C=O) groups is 1. The number of amides is 1. The molecule has 0 aromatic carbocycles. The molecule has 0 heterocycles. The first-order chi connectivity index (χ1) is 4.35. The topological polar surface area (TPSA) is 46.3 Å². The Kier molecular flexibility index (Phi) is 4.82. The van der Waals surface area contributed by atoms with Crippen LogP contribution >= 0.6 is 0 Å². The highest BCUT2D eigenvalue weighted by atomic mass is 16.1. The van der Waals surface area contributed by atoms with Gasteiger partial charge in [0.1, 0.15) is 0 Å². The lowest BCUT2D eigenvalue weighted by atomic mass is 10.5. The molecule has 2 N–H and O–H groups in total. The van der Waals surface area contributed by atoms with E-state index in [4.69, 9.17) is 5.73 Å². The molecule has 0 spiro atoms. The summed E-state index contributed by atoms with van der Waals surface area (Å²) in [4.78, 5) is 11.7. The van der Waals surface area contributed by atoms with Crippen LogP contribution in [0, 0.1) is 0 Å². The van der Waals surface area contributed by atoms with Crippen molar-refractivity contribution in [2.75, 3.05) is 19.6 Å². The molecule has 3 heteroatoms. The first-order valence-electron chi connectivity index (χ1n) is 2.85. The molecule has 0 fully saturated rings. The Morgan fingerprint density at radius 2 is 2.33 bits per heavy atom. The fraction of sp³-hybridized carbons (Fsp3) is 0.500. The highest BCUT2D eigenvalue weighted by molar-refractivity contribution is 5.47. The van der Waals surface area contributed by atoms with Gasteiger partial charge in [-0.1, -0.05) is 6.08 Å². The molecule has 0 aliphatic rings. The average Bonchev–Trinajstić information content (AvgIpc) is 1.88. The summed E-state index contributed by atoms with van der Waals surface area (Å²) < 4.78 is 0. The van der Waals surface area contributed by atoms with E-state index < -0.39 is 0 Å². The summed E-state index contributed by atoms with van der Waals surface area (Å²) in [6, 6.07) is 0. The molecule has 0 radical (unpaired) electrons. The quantitative estimate of drug-likeness (QED) is 0.404. The summed E-state index contributed by atoms with van der Waals surface area (Å²) in [6.07, 6.45) is 2.44. The van der Waals surface area contributed by atoms with Gasteiger partial charge in [0.05, 0.1) is 0 Å². The van der Waals surface area contributed by atoms with Crippen molar-refractivity contribution in [2.45, 2.75) is 0 Å². The van der Waals surface area contributed by atoms with E-state index in [0.29, 0.717) is 19.6 Å². The first kappa shape index (κ1) is 8.17. The zero-order valence-corrected chi connectivity index (χ0v) is 5.42. The Balaban J connectivity index is 3.40. The normalized spacial score (nSPS) is 8.56. The maximum Gasteiger partial charge on any atom is 0.210 e. The van der Waals surface area contributed by atoms with Gasteiger partial charge in [0.25, 0.3) is 0 Å². The van der Waals surface area contributed by atoms with Crippen molar-refractivity contribution in [3.63, 3.8) is 0 Å². The molecular weight excluding hydrogens is 116 g/mol. The molecule has 0 atom stereocenters. The van der Waals surface area contributed by atoms with E-state index in [9.17, 15) is 4.79 Å². The van der Waals surface area contributed by atoms with Crippen molar-refractivity contribution >= 4 is 6.41 Å². The summed E-state index contributed by atoms with van der Waals surface area (Å²) in [5, 5.41) is 0. The van der Waals surface area contributed by atoms with Gasteiger partial charge in [0, 0.05) is 19.6 Å². The molecule has 0 rings (SSSR count). The van der Waals surface area contributed by atoms with Crippen molar-refractivity contribution < 1.29 is 4.79 Å². The Labute approximate surface area is 55.1 Å². The fourth-order valence-electron chi connectivity index (χ4n) is 0.519. The third-order valence-electron chi connectivity index (χ3n) is 0.929. The second-order valence-electron chi connectivity index (χ2n) is 1.68. The van der Waals surface area contributed by atoms with E-state index in [2.05, 4.69) is 6.58 Å². The van der Waals surface area contributed by atoms with Crippen LogP contribution in [-0.2, 0) is 4.79 Å². The number of carbonyl (C=O) groups excluding carboxylic acids is 1. The van der Waals surface area contributed by atoms with Crippen LogP contribution in [0.4, 0.5) is 0 Å². The molecule has 1 amide bonds. The maximum absolute atomic E-state index is 10.1. The zero-order chi connectivity index (χ0) is 7.11. The number of hydrogen-bond acceptors (Lipinski definition) is 2. The van der Waals surface area contributed by atoms with Gasteiger partial charge in [-0.25, -0.2) is 0 Å². The van der Waals surface area contributed by atoms with E-state index in [1.54, 1.807) is 11.0 Å². The van der Waals surface area contributed by atoms with Gasteiger partial charge in [-0.15, -0.1) is 6.58 Å². The molecule has 0 aliphatic heterocycles. The Morgan fingerprint density at radius 3 is 2.67 bits per heavy atom. The predicted octanol–water partition coefficient (Wildman–Crippen LogP) is -0.411. The minimum absolute atomic E-state index is 0.507. The SMILES string of the molecule is C=CCN(C=O)CCN. The van der Waals surface area contributed by atoms with Crippen molar-refractivity contribution in [2.24, 2.45) is 5.73 Å². The van der Waals surface area contributed by atoms with Gasteiger partial charge in [-0.3, -0.25) is 4.79 Å². The van der Waals surface area contributed by atoms with Crippen LogP contribution < -0.4 is 5.73 Å². The van der Waals surface area contributed by atoms with Crippen molar-refractivity contribution in [3.8, 4) is 0 Å². The van der Waals surface area contributed by atoms with Gasteiger partial charge in [0.15, 0.2) is 0 Å². The summed E-state index contributed by atoms with van der Waals surface area (Å²) in [7, 11) is 0. The molecular formula is C6H12N2O. The summed E-state index contributed by atoms with van der Waals surface area (Å²) in [5.74, 6) is 0. The smallest absolute Gasteiger partial charge is 0.210 e. The molecule has 0 saturated carbocycles. The molecule has 0 bridgehead atoms. The standard InChI is InChI=1S/C6H12N2O/c1-2-4-8(6-9)5-3-7/h2,6H,1,3-5,7H2. The summed E-state index contributed by atoms with van der Waals surface area (Å²) in [6.45, 7) is 5.19. The van der Waals surface area contributed by atoms with Gasteiger partial charge >= 0.3 is 0 Å². The minimum Gasteiger partial charge on any atom is -0.340 e. The van der Waals surface area contributed by atoms with Crippen molar-refractivity contribution in [1.82, 2.24) is 4.90 Å². The maximum atomic E-state index is 10.1. The van der Waals surface area contributed by atoms with E-state index in [1.165, 1.54) is 0 Å². The molecule has 3 nitrogen and oxygen atoms in total. The van der Waals surface area contributed by atoms with Crippen LogP contribution in [-0.4, -0.2) is 30.9 Å². The number of nitrogens with zero attached hydrogens (tertiary/aromatic N) is 1. The van der Waals surface area contributed by atoms with Crippen LogP contribution in [0.3, 0.4) is 0 Å².